The number of nitrogens with one attached hydrogen (secondary N) is 1. The van der Waals surface area contributed by atoms with Crippen LogP contribution in [0.5, 0.6) is 0 Å². The van der Waals surface area contributed by atoms with Crippen molar-refractivity contribution in [3.63, 3.8) is 0 Å². The van der Waals surface area contributed by atoms with Gasteiger partial charge >= 0.3 is 0 Å². The van der Waals surface area contributed by atoms with Crippen molar-refractivity contribution in [2.75, 3.05) is 23.4 Å². The minimum absolute atomic E-state index is 0.212. The van der Waals surface area contributed by atoms with Crippen molar-refractivity contribution in [3.05, 3.63) is 33.7 Å². The van der Waals surface area contributed by atoms with E-state index < -0.39 is 10.8 Å². The second-order valence-corrected chi connectivity index (χ2v) is 6.17. The van der Waals surface area contributed by atoms with Crippen LogP contribution in [0.4, 0.5) is 5.69 Å². The molecular formula is C11H16BrN3O2S. The van der Waals surface area contributed by atoms with Gasteiger partial charge in [0.05, 0.1) is 18.4 Å². The van der Waals surface area contributed by atoms with Gasteiger partial charge in [0, 0.05) is 28.9 Å². The van der Waals surface area contributed by atoms with E-state index in [1.165, 1.54) is 4.68 Å². The van der Waals surface area contributed by atoms with Gasteiger partial charge in [-0.3, -0.25) is 9.00 Å². The molecule has 0 aliphatic heterocycles. The monoisotopic (exact) mass is 333 g/mol. The molecule has 0 saturated carbocycles. The molecule has 0 aliphatic carbocycles. The summed E-state index contributed by atoms with van der Waals surface area (Å²) >= 11 is 3.24. The quantitative estimate of drug-likeness (QED) is 0.765. The van der Waals surface area contributed by atoms with Gasteiger partial charge in [0.1, 0.15) is 4.47 Å². The number of anilines is 1. The summed E-state index contributed by atoms with van der Waals surface area (Å²) in [6.07, 6.45) is 3.18. The van der Waals surface area contributed by atoms with Crippen LogP contribution in [-0.4, -0.2) is 32.0 Å². The van der Waals surface area contributed by atoms with Crippen molar-refractivity contribution in [3.8, 4) is 0 Å². The maximum Gasteiger partial charge on any atom is 0.283 e. The van der Waals surface area contributed by atoms with E-state index in [0.717, 1.165) is 0 Å². The predicted octanol–water partition coefficient (Wildman–Crippen LogP) is 1.37. The number of allylic oxidation sites excluding steroid dienone is 1. The lowest BCUT2D eigenvalue weighted by atomic mass is 10.4. The zero-order valence-corrected chi connectivity index (χ0v) is 12.6. The largest absolute Gasteiger partial charge is 0.382 e. The van der Waals surface area contributed by atoms with Gasteiger partial charge in [-0.15, -0.1) is 6.58 Å². The minimum atomic E-state index is -0.815. The third-order valence-corrected chi connectivity index (χ3v) is 4.32. The topological polar surface area (TPSA) is 64.0 Å². The fraction of sp³-hybridized carbons (Fsp3) is 0.455. The Morgan fingerprint density at radius 1 is 1.67 bits per heavy atom. The van der Waals surface area contributed by atoms with E-state index in [-0.39, 0.29) is 5.56 Å². The van der Waals surface area contributed by atoms with E-state index in [1.54, 1.807) is 12.3 Å². The van der Waals surface area contributed by atoms with E-state index in [4.69, 9.17) is 0 Å². The molecule has 7 heteroatoms. The summed E-state index contributed by atoms with van der Waals surface area (Å²) in [6, 6.07) is 0. The van der Waals surface area contributed by atoms with Gasteiger partial charge in [-0.25, -0.2) is 4.68 Å². The normalized spacial score (nSPS) is 12.1. The summed E-state index contributed by atoms with van der Waals surface area (Å²) in [7, 11) is -0.815. The first-order valence-corrected chi connectivity index (χ1v) is 7.83. The highest BCUT2D eigenvalue weighted by Gasteiger charge is 2.07. The lowest BCUT2D eigenvalue weighted by molar-refractivity contribution is 0.649. The summed E-state index contributed by atoms with van der Waals surface area (Å²) in [4.78, 5) is 11.8. The molecule has 1 aromatic rings. The third kappa shape index (κ3) is 4.06. The molecule has 0 radical (unpaired) electrons. The van der Waals surface area contributed by atoms with E-state index in [0.29, 0.717) is 34.8 Å². The average Bonchev–Trinajstić information content (AvgIpc) is 2.37. The van der Waals surface area contributed by atoms with Gasteiger partial charge in [-0.2, -0.15) is 5.10 Å². The predicted molar refractivity (Wildman–Crippen MR) is 78.4 cm³/mol. The van der Waals surface area contributed by atoms with E-state index in [2.05, 4.69) is 32.9 Å². The fourth-order valence-electron chi connectivity index (χ4n) is 1.28. The SMILES string of the molecule is C=CCn1ncc(NCCS(=O)CC)c(Br)c1=O. The first-order valence-electron chi connectivity index (χ1n) is 5.55. The summed E-state index contributed by atoms with van der Waals surface area (Å²) in [5, 5.41) is 7.06. The lowest BCUT2D eigenvalue weighted by Crippen LogP contribution is -2.24. The van der Waals surface area contributed by atoms with Crippen molar-refractivity contribution in [1.29, 1.82) is 0 Å². The summed E-state index contributed by atoms with van der Waals surface area (Å²) < 4.78 is 13.0. The van der Waals surface area contributed by atoms with Crippen molar-refractivity contribution >= 4 is 32.4 Å². The molecule has 0 bridgehead atoms. The molecule has 0 aliphatic rings. The molecule has 1 aromatic heterocycles. The molecule has 18 heavy (non-hydrogen) atoms. The van der Waals surface area contributed by atoms with Crippen molar-refractivity contribution in [2.45, 2.75) is 13.5 Å². The number of aromatic nitrogens is 2. The zero-order chi connectivity index (χ0) is 13.5. The Bertz CT molecular complexity index is 502. The Morgan fingerprint density at radius 2 is 2.39 bits per heavy atom. The van der Waals surface area contributed by atoms with E-state index in [9.17, 15) is 9.00 Å². The molecule has 1 rings (SSSR count). The highest BCUT2D eigenvalue weighted by Crippen LogP contribution is 2.15. The molecule has 1 heterocycles. The second kappa shape index (κ2) is 7.48. The zero-order valence-electron chi connectivity index (χ0n) is 10.2. The van der Waals surface area contributed by atoms with Gasteiger partial charge in [0.2, 0.25) is 0 Å². The molecule has 0 aromatic carbocycles. The molecular weight excluding hydrogens is 318 g/mol. The van der Waals surface area contributed by atoms with Crippen LogP contribution >= 0.6 is 15.9 Å². The Hall–Kier alpha value is -0.950. The molecule has 0 amide bonds. The van der Waals surface area contributed by atoms with Crippen molar-refractivity contribution in [2.24, 2.45) is 0 Å². The number of nitrogens with zero attached hydrogens (tertiary/aromatic N) is 2. The minimum Gasteiger partial charge on any atom is -0.382 e. The van der Waals surface area contributed by atoms with Crippen LogP contribution in [0.3, 0.4) is 0 Å². The molecule has 0 fully saturated rings. The Balaban J connectivity index is 2.73. The molecule has 1 unspecified atom stereocenters. The van der Waals surface area contributed by atoms with Crippen LogP contribution in [-0.2, 0) is 17.3 Å². The summed E-state index contributed by atoms with van der Waals surface area (Å²) in [6.45, 7) is 6.36. The summed E-state index contributed by atoms with van der Waals surface area (Å²) in [5.41, 5.74) is 0.407. The first kappa shape index (κ1) is 15.1. The van der Waals surface area contributed by atoms with E-state index >= 15 is 0 Å². The van der Waals surface area contributed by atoms with Gasteiger partial charge in [0.25, 0.3) is 5.56 Å². The van der Waals surface area contributed by atoms with Crippen molar-refractivity contribution in [1.82, 2.24) is 9.78 Å². The Labute approximate surface area is 117 Å². The smallest absolute Gasteiger partial charge is 0.283 e. The van der Waals surface area contributed by atoms with Gasteiger partial charge in [-0.1, -0.05) is 13.0 Å². The van der Waals surface area contributed by atoms with Gasteiger partial charge in [-0.05, 0) is 15.9 Å². The van der Waals surface area contributed by atoms with Crippen LogP contribution < -0.4 is 10.9 Å². The Kier molecular flexibility index (Phi) is 6.28. The number of halogens is 1. The van der Waals surface area contributed by atoms with E-state index in [1.807, 2.05) is 6.92 Å². The maximum atomic E-state index is 11.8. The molecule has 5 nitrogen and oxygen atoms in total. The molecule has 0 saturated heterocycles. The maximum absolute atomic E-state index is 11.8. The highest BCUT2D eigenvalue weighted by molar-refractivity contribution is 9.10. The lowest BCUT2D eigenvalue weighted by Gasteiger charge is -2.09. The fourth-order valence-corrected chi connectivity index (χ4v) is 2.35. The van der Waals surface area contributed by atoms with Crippen molar-refractivity contribution < 1.29 is 4.21 Å². The Morgan fingerprint density at radius 3 is 3.00 bits per heavy atom. The van der Waals surface area contributed by atoms with Crippen LogP contribution in [0.15, 0.2) is 28.1 Å². The van der Waals surface area contributed by atoms with Crippen LogP contribution in [0.25, 0.3) is 0 Å². The van der Waals surface area contributed by atoms with Crippen LogP contribution in [0.2, 0.25) is 0 Å². The highest BCUT2D eigenvalue weighted by atomic mass is 79.9. The van der Waals surface area contributed by atoms with Crippen LogP contribution in [0, 0.1) is 0 Å². The average molecular weight is 334 g/mol. The molecule has 100 valence electrons. The van der Waals surface area contributed by atoms with Crippen LogP contribution in [0.1, 0.15) is 6.92 Å². The number of hydrogen-bond donors (Lipinski definition) is 1. The second-order valence-electron chi connectivity index (χ2n) is 3.51. The number of rotatable bonds is 7. The number of hydrogen-bond acceptors (Lipinski definition) is 4. The van der Waals surface area contributed by atoms with Gasteiger partial charge in [0.15, 0.2) is 0 Å². The first-order chi connectivity index (χ1) is 8.60. The third-order valence-electron chi connectivity index (χ3n) is 2.25. The molecule has 1 atom stereocenters. The summed E-state index contributed by atoms with van der Waals surface area (Å²) in [5.74, 6) is 1.20. The molecule has 0 spiro atoms. The van der Waals surface area contributed by atoms with Gasteiger partial charge < -0.3 is 5.32 Å². The standard InChI is InChI=1S/C11H16BrN3O2S/c1-3-6-15-11(16)10(12)9(8-14-15)13-5-7-18(17)4-2/h3,8,13H,1,4-7H2,2H3. The molecule has 1 N–H and O–H groups in total.